The van der Waals surface area contributed by atoms with Crippen molar-refractivity contribution < 1.29 is 14.3 Å². The number of fused-ring (bicyclic) bond motifs is 1. The summed E-state index contributed by atoms with van der Waals surface area (Å²) in [5, 5.41) is 13.5. The molecule has 2 aliphatic rings. The van der Waals surface area contributed by atoms with Gasteiger partial charge in [-0.1, -0.05) is 0 Å². The lowest BCUT2D eigenvalue weighted by Gasteiger charge is -2.12. The number of nitrogens with one attached hydrogen (secondary N) is 3. The third-order valence-corrected chi connectivity index (χ3v) is 5.02. The van der Waals surface area contributed by atoms with E-state index in [9.17, 15) is 9.59 Å². The zero-order valence-electron chi connectivity index (χ0n) is 16.3. The van der Waals surface area contributed by atoms with Crippen molar-refractivity contribution in [1.29, 1.82) is 0 Å². The molecular formula is C21H20N6O3. The number of hydrogen-bond donors (Lipinski definition) is 3. The molecule has 0 bridgehead atoms. The number of methoxy groups -OCH3 is 1. The van der Waals surface area contributed by atoms with Crippen LogP contribution in [0.2, 0.25) is 0 Å². The van der Waals surface area contributed by atoms with Gasteiger partial charge in [-0.2, -0.15) is 9.61 Å². The first kappa shape index (κ1) is 18.2. The van der Waals surface area contributed by atoms with E-state index >= 15 is 0 Å². The van der Waals surface area contributed by atoms with Crippen LogP contribution in [0.15, 0.2) is 42.1 Å². The van der Waals surface area contributed by atoms with Gasteiger partial charge in [0.05, 0.1) is 19.7 Å². The maximum absolute atomic E-state index is 11.9. The second-order valence-corrected chi connectivity index (χ2v) is 7.36. The summed E-state index contributed by atoms with van der Waals surface area (Å²) in [6, 6.07) is 9.89. The highest BCUT2D eigenvalue weighted by atomic mass is 16.5. The fourth-order valence-corrected chi connectivity index (χ4v) is 3.32. The molecule has 0 spiro atoms. The summed E-state index contributed by atoms with van der Waals surface area (Å²) in [6.45, 7) is 0. The summed E-state index contributed by atoms with van der Waals surface area (Å²) in [5.74, 6) is 1.56. The predicted octanol–water partition coefficient (Wildman–Crippen LogP) is 2.49. The first-order chi connectivity index (χ1) is 14.6. The quantitative estimate of drug-likeness (QED) is 0.428. The van der Waals surface area contributed by atoms with Crippen LogP contribution in [0.1, 0.15) is 24.8 Å². The lowest BCUT2D eigenvalue weighted by Crippen LogP contribution is -2.19. The van der Waals surface area contributed by atoms with Crippen molar-refractivity contribution in [2.24, 2.45) is 0 Å². The van der Waals surface area contributed by atoms with E-state index in [2.05, 4.69) is 21.0 Å². The number of benzene rings is 1. The molecule has 5 rings (SSSR count). The first-order valence-corrected chi connectivity index (χ1v) is 9.70. The summed E-state index contributed by atoms with van der Waals surface area (Å²) in [7, 11) is 1.63. The maximum Gasteiger partial charge on any atom is 0.254 e. The molecule has 0 radical (unpaired) electrons. The Bertz CT molecular complexity index is 1180. The minimum atomic E-state index is -0.372. The molecule has 0 unspecified atom stereocenters. The Labute approximate surface area is 172 Å². The molecule has 1 aliphatic carbocycles. The highest BCUT2D eigenvalue weighted by molar-refractivity contribution is 6.15. The van der Waals surface area contributed by atoms with Crippen LogP contribution in [0.25, 0.3) is 11.7 Å². The maximum atomic E-state index is 11.9. The molecule has 2 amide bonds. The molecule has 1 aliphatic heterocycles. The third-order valence-electron chi connectivity index (χ3n) is 5.02. The van der Waals surface area contributed by atoms with Crippen LogP contribution in [0.3, 0.4) is 0 Å². The molecule has 3 heterocycles. The van der Waals surface area contributed by atoms with Gasteiger partial charge < -0.3 is 15.4 Å². The van der Waals surface area contributed by atoms with Crippen molar-refractivity contribution in [2.75, 3.05) is 17.7 Å². The molecule has 3 N–H and O–H groups in total. The van der Waals surface area contributed by atoms with E-state index in [0.29, 0.717) is 28.6 Å². The molecule has 30 heavy (non-hydrogen) atoms. The van der Waals surface area contributed by atoms with E-state index in [-0.39, 0.29) is 18.2 Å². The van der Waals surface area contributed by atoms with Crippen molar-refractivity contribution in [3.63, 3.8) is 0 Å². The minimum Gasteiger partial charge on any atom is -0.497 e. The minimum absolute atomic E-state index is 0.0626. The van der Waals surface area contributed by atoms with Crippen LogP contribution in [-0.4, -0.2) is 39.6 Å². The number of ether oxygens (including phenoxy) is 1. The highest BCUT2D eigenvalue weighted by Gasteiger charge is 2.25. The summed E-state index contributed by atoms with van der Waals surface area (Å²) in [4.78, 5) is 28.2. The monoisotopic (exact) mass is 404 g/mol. The number of carbonyl (C=O) groups excluding carboxylic acids is 2. The van der Waals surface area contributed by atoms with Crippen LogP contribution in [0.4, 0.5) is 17.3 Å². The fraction of sp³-hybridized carbons (Fsp3) is 0.238. The molecule has 2 aromatic heterocycles. The number of hydrogen-bond acceptors (Lipinski definition) is 7. The molecular weight excluding hydrogens is 384 g/mol. The fourth-order valence-electron chi connectivity index (χ4n) is 3.32. The smallest absolute Gasteiger partial charge is 0.254 e. The van der Waals surface area contributed by atoms with Gasteiger partial charge in [0.2, 0.25) is 5.91 Å². The number of rotatable bonds is 6. The molecule has 0 atom stereocenters. The van der Waals surface area contributed by atoms with Crippen LogP contribution in [0, 0.1) is 0 Å². The summed E-state index contributed by atoms with van der Waals surface area (Å²) in [5.41, 5.74) is 2.54. The van der Waals surface area contributed by atoms with E-state index < -0.39 is 0 Å². The molecule has 1 aromatic carbocycles. The lowest BCUT2D eigenvalue weighted by atomic mass is 10.1. The van der Waals surface area contributed by atoms with E-state index in [0.717, 1.165) is 30.1 Å². The zero-order chi connectivity index (χ0) is 20.7. The van der Waals surface area contributed by atoms with Crippen molar-refractivity contribution in [3.8, 4) is 5.75 Å². The summed E-state index contributed by atoms with van der Waals surface area (Å²) in [6.07, 6.45) is 5.62. The Balaban J connectivity index is 1.54. The van der Waals surface area contributed by atoms with E-state index in [1.165, 1.54) is 0 Å². The Morgan fingerprint density at radius 1 is 1.23 bits per heavy atom. The van der Waals surface area contributed by atoms with E-state index in [1.54, 1.807) is 23.9 Å². The van der Waals surface area contributed by atoms with Gasteiger partial charge in [-0.05, 0) is 43.2 Å². The van der Waals surface area contributed by atoms with Crippen molar-refractivity contribution in [1.82, 2.24) is 19.9 Å². The topological polar surface area (TPSA) is 110 Å². The molecule has 1 saturated carbocycles. The standard InChI is InChI=1S/C21H20N6O3/c1-30-16-6-4-14(5-7-16)23-17-10-18(24-15-2-3-15)27-20(25-17)13(11-22-27)8-12-9-19(28)26-21(12)29/h4-8,10-11,15,24H,2-3,9H2,1H3,(H,23,25)(H,26,28,29)/b12-8+. The third kappa shape index (κ3) is 3.57. The van der Waals surface area contributed by atoms with Gasteiger partial charge in [0.1, 0.15) is 17.4 Å². The van der Waals surface area contributed by atoms with Crippen LogP contribution in [0.5, 0.6) is 5.75 Å². The van der Waals surface area contributed by atoms with Gasteiger partial charge in [-0.15, -0.1) is 0 Å². The normalized spacial score (nSPS) is 17.4. The van der Waals surface area contributed by atoms with Crippen LogP contribution in [-0.2, 0) is 9.59 Å². The van der Waals surface area contributed by atoms with Gasteiger partial charge in [0.25, 0.3) is 5.91 Å². The highest BCUT2D eigenvalue weighted by Crippen LogP contribution is 2.29. The average molecular weight is 404 g/mol. The number of nitrogens with zero attached hydrogens (tertiary/aromatic N) is 3. The van der Waals surface area contributed by atoms with E-state index in [1.807, 2.05) is 30.3 Å². The van der Waals surface area contributed by atoms with Crippen LogP contribution >= 0.6 is 0 Å². The lowest BCUT2D eigenvalue weighted by molar-refractivity contribution is -0.124. The molecule has 3 aromatic rings. The Hall–Kier alpha value is -3.88. The first-order valence-electron chi connectivity index (χ1n) is 9.70. The number of aromatic nitrogens is 3. The predicted molar refractivity (Wildman–Crippen MR) is 112 cm³/mol. The number of imide groups is 1. The van der Waals surface area contributed by atoms with Crippen molar-refractivity contribution in [2.45, 2.75) is 25.3 Å². The van der Waals surface area contributed by atoms with Crippen molar-refractivity contribution >= 4 is 40.9 Å². The number of anilines is 3. The van der Waals surface area contributed by atoms with Gasteiger partial charge >= 0.3 is 0 Å². The van der Waals surface area contributed by atoms with Crippen molar-refractivity contribution in [3.05, 3.63) is 47.7 Å². The largest absolute Gasteiger partial charge is 0.497 e. The SMILES string of the molecule is COc1ccc(Nc2cc(NC3CC3)n3ncc(/C=C4\CC(=O)NC4=O)c3n2)cc1. The second kappa shape index (κ2) is 7.18. The molecule has 9 heteroatoms. The second-order valence-electron chi connectivity index (χ2n) is 7.36. The zero-order valence-corrected chi connectivity index (χ0v) is 16.3. The summed E-state index contributed by atoms with van der Waals surface area (Å²) < 4.78 is 6.92. The van der Waals surface area contributed by atoms with Crippen LogP contribution < -0.4 is 20.7 Å². The van der Waals surface area contributed by atoms with E-state index in [4.69, 9.17) is 9.72 Å². The molecule has 152 valence electrons. The number of carbonyl (C=O) groups is 2. The molecule has 1 saturated heterocycles. The molecule has 9 nitrogen and oxygen atoms in total. The number of amides is 2. The average Bonchev–Trinajstić information content (AvgIpc) is 3.37. The van der Waals surface area contributed by atoms with Gasteiger partial charge in [0, 0.05) is 28.9 Å². The van der Waals surface area contributed by atoms with Gasteiger partial charge in [0.15, 0.2) is 5.65 Å². The summed E-state index contributed by atoms with van der Waals surface area (Å²) >= 11 is 0. The van der Waals surface area contributed by atoms with Gasteiger partial charge in [-0.3, -0.25) is 14.9 Å². The Kier molecular flexibility index (Phi) is 4.35. The Morgan fingerprint density at radius 2 is 2.03 bits per heavy atom. The Morgan fingerprint density at radius 3 is 2.70 bits per heavy atom. The molecule has 2 fully saturated rings. The van der Waals surface area contributed by atoms with Gasteiger partial charge in [-0.25, -0.2) is 4.98 Å².